The summed E-state index contributed by atoms with van der Waals surface area (Å²) in [5.74, 6) is 0.00651. The normalized spacial score (nSPS) is 10.1. The minimum atomic E-state index is 0.00651. The van der Waals surface area contributed by atoms with Crippen LogP contribution in [-0.2, 0) is 11.3 Å². The summed E-state index contributed by atoms with van der Waals surface area (Å²) in [6.45, 7) is 3.61. The van der Waals surface area contributed by atoms with Gasteiger partial charge in [-0.3, -0.25) is 9.78 Å². The van der Waals surface area contributed by atoms with E-state index in [4.69, 9.17) is 11.6 Å². The predicted molar refractivity (Wildman–Crippen MR) is 64.3 cm³/mol. The van der Waals surface area contributed by atoms with Crippen molar-refractivity contribution in [2.24, 2.45) is 0 Å². The third-order valence-electron chi connectivity index (χ3n) is 2.03. The number of carbonyl (C=O) groups excluding carboxylic acids is 1. The van der Waals surface area contributed by atoms with Crippen molar-refractivity contribution < 1.29 is 4.79 Å². The highest BCUT2D eigenvalue weighted by Gasteiger charge is 2.01. The number of hydrogen-bond donors (Lipinski definition) is 2. The van der Waals surface area contributed by atoms with Gasteiger partial charge in [-0.1, -0.05) is 18.5 Å². The summed E-state index contributed by atoms with van der Waals surface area (Å²) >= 11 is 5.92. The third-order valence-corrected chi connectivity index (χ3v) is 2.37. The molecule has 0 aliphatic heterocycles. The fourth-order valence-electron chi connectivity index (χ4n) is 1.18. The molecule has 16 heavy (non-hydrogen) atoms. The Morgan fingerprint density at radius 3 is 3.06 bits per heavy atom. The zero-order valence-corrected chi connectivity index (χ0v) is 10.0. The van der Waals surface area contributed by atoms with Crippen molar-refractivity contribution in [3.05, 3.63) is 29.0 Å². The molecule has 0 aliphatic carbocycles. The highest BCUT2D eigenvalue weighted by atomic mass is 35.5. The van der Waals surface area contributed by atoms with Gasteiger partial charge in [0.15, 0.2) is 0 Å². The number of amides is 1. The molecule has 0 fully saturated rings. The van der Waals surface area contributed by atoms with Gasteiger partial charge in [0.1, 0.15) is 0 Å². The summed E-state index contributed by atoms with van der Waals surface area (Å²) in [6, 6.07) is 1.83. The Morgan fingerprint density at radius 2 is 2.38 bits per heavy atom. The van der Waals surface area contributed by atoms with Crippen LogP contribution in [0.3, 0.4) is 0 Å². The number of nitrogens with zero attached hydrogens (tertiary/aromatic N) is 1. The van der Waals surface area contributed by atoms with Crippen molar-refractivity contribution in [2.75, 3.05) is 13.1 Å². The molecule has 0 radical (unpaired) electrons. The monoisotopic (exact) mass is 241 g/mol. The van der Waals surface area contributed by atoms with E-state index in [1.165, 1.54) is 0 Å². The maximum absolute atomic E-state index is 11.3. The number of nitrogens with one attached hydrogen (secondary N) is 2. The molecule has 2 N–H and O–H groups in total. The van der Waals surface area contributed by atoms with Crippen LogP contribution in [-0.4, -0.2) is 24.0 Å². The van der Waals surface area contributed by atoms with Crippen molar-refractivity contribution in [3.8, 4) is 0 Å². The Balaban J connectivity index is 2.25. The second-order valence-corrected chi connectivity index (χ2v) is 3.83. The lowest BCUT2D eigenvalue weighted by Crippen LogP contribution is -2.33. The SMILES string of the molecule is CCCNC(=O)CNCc1ccncc1Cl. The molecular weight excluding hydrogens is 226 g/mol. The Kier molecular flexibility index (Phi) is 5.82. The van der Waals surface area contributed by atoms with Gasteiger partial charge in [0.2, 0.25) is 5.91 Å². The lowest BCUT2D eigenvalue weighted by molar-refractivity contribution is -0.120. The van der Waals surface area contributed by atoms with Gasteiger partial charge in [0.25, 0.3) is 0 Å². The average Bonchev–Trinajstić information content (AvgIpc) is 2.29. The van der Waals surface area contributed by atoms with Crippen LogP contribution in [0.1, 0.15) is 18.9 Å². The summed E-state index contributed by atoms with van der Waals surface area (Å²) in [7, 11) is 0. The fourth-order valence-corrected chi connectivity index (χ4v) is 1.37. The topological polar surface area (TPSA) is 54.0 Å². The van der Waals surface area contributed by atoms with Gasteiger partial charge >= 0.3 is 0 Å². The van der Waals surface area contributed by atoms with Crippen molar-refractivity contribution >= 4 is 17.5 Å². The highest BCUT2D eigenvalue weighted by molar-refractivity contribution is 6.31. The van der Waals surface area contributed by atoms with Crippen molar-refractivity contribution in [3.63, 3.8) is 0 Å². The Hall–Kier alpha value is -1.13. The van der Waals surface area contributed by atoms with E-state index in [1.807, 2.05) is 13.0 Å². The van der Waals surface area contributed by atoms with Gasteiger partial charge in [-0.2, -0.15) is 0 Å². The lowest BCUT2D eigenvalue weighted by Gasteiger charge is -2.06. The summed E-state index contributed by atoms with van der Waals surface area (Å²) in [4.78, 5) is 15.1. The zero-order valence-electron chi connectivity index (χ0n) is 9.29. The van der Waals surface area contributed by atoms with Gasteiger partial charge in [-0.25, -0.2) is 0 Å². The minimum Gasteiger partial charge on any atom is -0.355 e. The van der Waals surface area contributed by atoms with Crippen LogP contribution >= 0.6 is 11.6 Å². The number of pyridine rings is 1. The molecule has 0 aliphatic rings. The van der Waals surface area contributed by atoms with E-state index in [0.29, 0.717) is 18.1 Å². The number of halogens is 1. The predicted octanol–water partition coefficient (Wildman–Crippen LogP) is 1.35. The van der Waals surface area contributed by atoms with E-state index in [1.54, 1.807) is 12.4 Å². The molecule has 1 heterocycles. The number of rotatable bonds is 6. The molecule has 0 atom stereocenters. The standard InChI is InChI=1S/C11H16ClN3O/c1-2-4-15-11(16)8-14-6-9-3-5-13-7-10(9)12/h3,5,7,14H,2,4,6,8H2,1H3,(H,15,16). The summed E-state index contributed by atoms with van der Waals surface area (Å²) in [6.07, 6.45) is 4.22. The van der Waals surface area contributed by atoms with Crippen molar-refractivity contribution in [1.29, 1.82) is 0 Å². The second kappa shape index (κ2) is 7.19. The van der Waals surface area contributed by atoms with E-state index >= 15 is 0 Å². The third kappa shape index (κ3) is 4.59. The Morgan fingerprint density at radius 1 is 1.56 bits per heavy atom. The average molecular weight is 242 g/mol. The summed E-state index contributed by atoms with van der Waals surface area (Å²) < 4.78 is 0. The molecule has 1 aromatic heterocycles. The van der Waals surface area contributed by atoms with Crippen LogP contribution in [0.15, 0.2) is 18.5 Å². The molecule has 0 unspecified atom stereocenters. The number of carbonyl (C=O) groups is 1. The molecule has 88 valence electrons. The van der Waals surface area contributed by atoms with E-state index < -0.39 is 0 Å². The summed E-state index contributed by atoms with van der Waals surface area (Å²) in [5, 5.41) is 6.43. The van der Waals surface area contributed by atoms with Crippen LogP contribution in [0.4, 0.5) is 0 Å². The second-order valence-electron chi connectivity index (χ2n) is 3.42. The van der Waals surface area contributed by atoms with Gasteiger partial charge in [0, 0.05) is 25.5 Å². The molecule has 0 spiro atoms. The van der Waals surface area contributed by atoms with Crippen LogP contribution in [0.2, 0.25) is 5.02 Å². The Labute approximate surface area is 100 Å². The first-order valence-corrected chi connectivity index (χ1v) is 5.67. The first-order chi connectivity index (χ1) is 7.74. The smallest absolute Gasteiger partial charge is 0.233 e. The van der Waals surface area contributed by atoms with Crippen molar-refractivity contribution in [1.82, 2.24) is 15.6 Å². The van der Waals surface area contributed by atoms with Crippen LogP contribution in [0.25, 0.3) is 0 Å². The molecule has 4 nitrogen and oxygen atoms in total. The molecule has 1 aromatic rings. The van der Waals surface area contributed by atoms with E-state index in [0.717, 1.165) is 18.5 Å². The number of hydrogen-bond acceptors (Lipinski definition) is 3. The quantitative estimate of drug-likeness (QED) is 0.791. The first kappa shape index (κ1) is 12.9. The van der Waals surface area contributed by atoms with E-state index in [2.05, 4.69) is 15.6 Å². The minimum absolute atomic E-state index is 0.00651. The largest absolute Gasteiger partial charge is 0.355 e. The maximum Gasteiger partial charge on any atom is 0.233 e. The molecule has 1 rings (SSSR count). The first-order valence-electron chi connectivity index (χ1n) is 5.30. The summed E-state index contributed by atoms with van der Waals surface area (Å²) in [5.41, 5.74) is 0.944. The number of aromatic nitrogens is 1. The van der Waals surface area contributed by atoms with Crippen LogP contribution < -0.4 is 10.6 Å². The lowest BCUT2D eigenvalue weighted by atomic mass is 10.2. The molecular formula is C11H16ClN3O. The maximum atomic E-state index is 11.3. The van der Waals surface area contributed by atoms with Gasteiger partial charge < -0.3 is 10.6 Å². The van der Waals surface area contributed by atoms with Crippen LogP contribution in [0, 0.1) is 0 Å². The molecule has 5 heteroatoms. The molecule has 0 saturated carbocycles. The molecule has 0 aromatic carbocycles. The van der Waals surface area contributed by atoms with Gasteiger partial charge in [0.05, 0.1) is 11.6 Å². The van der Waals surface area contributed by atoms with Crippen LogP contribution in [0.5, 0.6) is 0 Å². The highest BCUT2D eigenvalue weighted by Crippen LogP contribution is 2.12. The van der Waals surface area contributed by atoms with Gasteiger partial charge in [-0.15, -0.1) is 0 Å². The fraction of sp³-hybridized carbons (Fsp3) is 0.455. The molecule has 1 amide bonds. The zero-order chi connectivity index (χ0) is 11.8. The van der Waals surface area contributed by atoms with Gasteiger partial charge in [-0.05, 0) is 18.1 Å². The molecule has 0 bridgehead atoms. The van der Waals surface area contributed by atoms with Crippen molar-refractivity contribution in [2.45, 2.75) is 19.9 Å². The van der Waals surface area contributed by atoms with E-state index in [-0.39, 0.29) is 5.91 Å². The van der Waals surface area contributed by atoms with E-state index in [9.17, 15) is 4.79 Å². The Bertz CT molecular complexity index is 344. The molecule has 0 saturated heterocycles.